The summed E-state index contributed by atoms with van der Waals surface area (Å²) in [6, 6.07) is 15.2. The van der Waals surface area contributed by atoms with E-state index in [9.17, 15) is 24.3 Å². The SMILES string of the molecule is CC(c1ccccc1)n1cc(CCc2ccc(C(=O)NC(CCC(=O)O)C(=O)O)cc2)c2c(=O)[nH]c(N)nc21. The van der Waals surface area contributed by atoms with Gasteiger partial charge in [-0.1, -0.05) is 42.5 Å². The van der Waals surface area contributed by atoms with Crippen molar-refractivity contribution in [3.05, 3.63) is 93.4 Å². The fourth-order valence-electron chi connectivity index (χ4n) is 4.49. The maximum Gasteiger partial charge on any atom is 0.326 e. The van der Waals surface area contributed by atoms with E-state index in [1.54, 1.807) is 24.3 Å². The standard InChI is InChI=1S/C28H29N5O6/c1-16(18-5-3-2-4-6-18)33-15-20(23-24(33)31-28(29)32-26(23)37)12-9-17-7-10-19(11-8-17)25(36)30-21(27(38)39)13-14-22(34)35/h2-8,10-11,15-16,21H,9,12-14H2,1H3,(H,30,36)(H,34,35)(H,38,39)(H3,29,31,32,37). The van der Waals surface area contributed by atoms with Gasteiger partial charge in [0.1, 0.15) is 11.7 Å². The molecule has 2 atom stereocenters. The highest BCUT2D eigenvalue weighted by Crippen LogP contribution is 2.26. The van der Waals surface area contributed by atoms with Crippen LogP contribution in [0.5, 0.6) is 0 Å². The van der Waals surface area contributed by atoms with Crippen molar-refractivity contribution in [1.29, 1.82) is 0 Å². The van der Waals surface area contributed by atoms with Crippen molar-refractivity contribution in [2.75, 3.05) is 5.73 Å². The fourth-order valence-corrected chi connectivity index (χ4v) is 4.49. The van der Waals surface area contributed by atoms with E-state index in [1.807, 2.05) is 48.0 Å². The number of aromatic nitrogens is 3. The van der Waals surface area contributed by atoms with Crippen LogP contribution in [0, 0.1) is 0 Å². The van der Waals surface area contributed by atoms with Crippen molar-refractivity contribution in [1.82, 2.24) is 19.9 Å². The number of aryl methyl sites for hydroxylation is 2. The molecule has 2 heterocycles. The number of fused-ring (bicyclic) bond motifs is 1. The van der Waals surface area contributed by atoms with Gasteiger partial charge in [-0.3, -0.25) is 19.4 Å². The molecule has 39 heavy (non-hydrogen) atoms. The summed E-state index contributed by atoms with van der Waals surface area (Å²) in [5.41, 5.74) is 9.08. The first-order chi connectivity index (χ1) is 18.6. The molecule has 11 heteroatoms. The Bertz CT molecular complexity index is 1560. The third-order valence-electron chi connectivity index (χ3n) is 6.63. The highest BCUT2D eigenvalue weighted by atomic mass is 16.4. The van der Waals surface area contributed by atoms with Crippen molar-refractivity contribution >= 4 is 34.8 Å². The summed E-state index contributed by atoms with van der Waals surface area (Å²) in [6.45, 7) is 2.03. The van der Waals surface area contributed by atoms with E-state index in [0.717, 1.165) is 16.7 Å². The van der Waals surface area contributed by atoms with Gasteiger partial charge >= 0.3 is 11.9 Å². The molecule has 0 aliphatic heterocycles. The number of nitrogens with one attached hydrogen (secondary N) is 2. The third-order valence-corrected chi connectivity index (χ3v) is 6.63. The molecule has 4 rings (SSSR count). The van der Waals surface area contributed by atoms with Crippen LogP contribution in [0.1, 0.15) is 52.9 Å². The van der Waals surface area contributed by atoms with Crippen LogP contribution in [0.25, 0.3) is 11.0 Å². The Kier molecular flexibility index (Phi) is 8.09. The van der Waals surface area contributed by atoms with Gasteiger partial charge in [0.25, 0.3) is 11.5 Å². The molecule has 2 unspecified atom stereocenters. The summed E-state index contributed by atoms with van der Waals surface area (Å²) in [5.74, 6) is -3.00. The van der Waals surface area contributed by atoms with Gasteiger partial charge in [-0.2, -0.15) is 4.98 Å². The van der Waals surface area contributed by atoms with Crippen molar-refractivity contribution in [3.63, 3.8) is 0 Å². The van der Waals surface area contributed by atoms with E-state index < -0.39 is 23.9 Å². The van der Waals surface area contributed by atoms with E-state index in [0.29, 0.717) is 23.9 Å². The van der Waals surface area contributed by atoms with Crippen molar-refractivity contribution in [2.45, 2.75) is 44.7 Å². The van der Waals surface area contributed by atoms with Crippen LogP contribution in [0.15, 0.2) is 65.6 Å². The third kappa shape index (κ3) is 6.32. The quantitative estimate of drug-likeness (QED) is 0.196. The molecule has 0 aliphatic rings. The molecule has 0 aliphatic carbocycles. The molecule has 6 N–H and O–H groups in total. The van der Waals surface area contributed by atoms with Crippen molar-refractivity contribution in [2.24, 2.45) is 0 Å². The molecule has 0 spiro atoms. The van der Waals surface area contributed by atoms with Gasteiger partial charge in [-0.15, -0.1) is 0 Å². The predicted octanol–water partition coefficient (Wildman–Crippen LogP) is 2.75. The lowest BCUT2D eigenvalue weighted by atomic mass is 10.0. The van der Waals surface area contributed by atoms with Crippen LogP contribution in [-0.4, -0.2) is 48.6 Å². The molecule has 0 radical (unpaired) electrons. The number of aliphatic carboxylic acids is 2. The van der Waals surface area contributed by atoms with Gasteiger partial charge in [0.05, 0.1) is 11.4 Å². The number of carboxylic acid groups (broad SMARTS) is 2. The minimum absolute atomic E-state index is 0.0422. The zero-order valence-electron chi connectivity index (χ0n) is 21.3. The molecule has 0 saturated heterocycles. The number of hydrogen-bond acceptors (Lipinski definition) is 6. The summed E-state index contributed by atoms with van der Waals surface area (Å²) < 4.78 is 1.95. The molecule has 2 aromatic heterocycles. The normalized spacial score (nSPS) is 12.6. The molecule has 0 bridgehead atoms. The largest absolute Gasteiger partial charge is 0.481 e. The second-order valence-corrected chi connectivity index (χ2v) is 9.29. The average Bonchev–Trinajstić information content (AvgIpc) is 3.28. The molecular weight excluding hydrogens is 502 g/mol. The minimum Gasteiger partial charge on any atom is -0.481 e. The van der Waals surface area contributed by atoms with E-state index in [1.165, 1.54) is 0 Å². The van der Waals surface area contributed by atoms with Gasteiger partial charge < -0.3 is 25.8 Å². The lowest BCUT2D eigenvalue weighted by Crippen LogP contribution is -2.41. The number of anilines is 1. The zero-order valence-corrected chi connectivity index (χ0v) is 21.3. The first-order valence-corrected chi connectivity index (χ1v) is 12.4. The Morgan fingerprint density at radius 2 is 1.74 bits per heavy atom. The zero-order chi connectivity index (χ0) is 28.1. The number of carbonyl (C=O) groups is 3. The Labute approximate surface area is 223 Å². The number of nitrogens with two attached hydrogens (primary N) is 1. The van der Waals surface area contributed by atoms with E-state index in [4.69, 9.17) is 10.8 Å². The number of carboxylic acids is 2. The number of aromatic amines is 1. The number of nitrogen functional groups attached to an aromatic ring is 1. The second-order valence-electron chi connectivity index (χ2n) is 9.29. The number of rotatable bonds is 11. The molecule has 2 aromatic carbocycles. The maximum atomic E-state index is 12.8. The van der Waals surface area contributed by atoms with Crippen LogP contribution in [0.4, 0.5) is 5.95 Å². The Balaban J connectivity index is 1.51. The van der Waals surface area contributed by atoms with Crippen molar-refractivity contribution < 1.29 is 24.6 Å². The number of H-pyrrole nitrogens is 1. The smallest absolute Gasteiger partial charge is 0.326 e. The highest BCUT2D eigenvalue weighted by Gasteiger charge is 2.22. The van der Waals surface area contributed by atoms with Gasteiger partial charge in [0.2, 0.25) is 5.95 Å². The minimum atomic E-state index is -1.30. The molecule has 202 valence electrons. The molecular formula is C28H29N5O6. The molecule has 0 saturated carbocycles. The molecule has 0 fully saturated rings. The fraction of sp³-hybridized carbons (Fsp3) is 0.250. The first-order valence-electron chi connectivity index (χ1n) is 12.4. The first kappa shape index (κ1) is 27.1. The van der Waals surface area contributed by atoms with E-state index in [2.05, 4.69) is 15.3 Å². The van der Waals surface area contributed by atoms with Crippen LogP contribution >= 0.6 is 0 Å². The Morgan fingerprint density at radius 3 is 2.38 bits per heavy atom. The topological polar surface area (TPSA) is 180 Å². The molecule has 4 aromatic rings. The number of benzene rings is 2. The van der Waals surface area contributed by atoms with Gasteiger partial charge in [0.15, 0.2) is 0 Å². The monoisotopic (exact) mass is 531 g/mol. The maximum absolute atomic E-state index is 12.8. The highest BCUT2D eigenvalue weighted by molar-refractivity contribution is 5.96. The number of nitrogens with zero attached hydrogens (tertiary/aromatic N) is 2. The Morgan fingerprint density at radius 1 is 1.05 bits per heavy atom. The molecule has 1 amide bonds. The number of carbonyl (C=O) groups excluding carboxylic acids is 1. The van der Waals surface area contributed by atoms with E-state index >= 15 is 0 Å². The van der Waals surface area contributed by atoms with Gasteiger partial charge in [0, 0.05) is 18.2 Å². The lowest BCUT2D eigenvalue weighted by molar-refractivity contribution is -0.140. The predicted molar refractivity (Wildman–Crippen MR) is 145 cm³/mol. The summed E-state index contributed by atoms with van der Waals surface area (Å²) in [6.07, 6.45) is 2.43. The average molecular weight is 532 g/mol. The summed E-state index contributed by atoms with van der Waals surface area (Å²) in [7, 11) is 0. The van der Waals surface area contributed by atoms with Crippen LogP contribution < -0.4 is 16.6 Å². The van der Waals surface area contributed by atoms with Gasteiger partial charge in [-0.25, -0.2) is 4.79 Å². The second kappa shape index (κ2) is 11.6. The molecule has 11 nitrogen and oxygen atoms in total. The Hall–Kier alpha value is -4.93. The summed E-state index contributed by atoms with van der Waals surface area (Å²) in [5, 5.41) is 20.9. The van der Waals surface area contributed by atoms with Crippen LogP contribution in [-0.2, 0) is 22.4 Å². The van der Waals surface area contributed by atoms with Crippen molar-refractivity contribution in [3.8, 4) is 0 Å². The summed E-state index contributed by atoms with van der Waals surface area (Å²) in [4.78, 5) is 54.5. The lowest BCUT2D eigenvalue weighted by Gasteiger charge is -2.15. The number of amides is 1. The van der Waals surface area contributed by atoms with Gasteiger partial charge in [-0.05, 0) is 55.0 Å². The number of hydrogen-bond donors (Lipinski definition) is 5. The van der Waals surface area contributed by atoms with Crippen LogP contribution in [0.3, 0.4) is 0 Å². The summed E-state index contributed by atoms with van der Waals surface area (Å²) >= 11 is 0. The van der Waals surface area contributed by atoms with E-state index in [-0.39, 0.29) is 36.0 Å². The van der Waals surface area contributed by atoms with Crippen LogP contribution in [0.2, 0.25) is 0 Å².